The summed E-state index contributed by atoms with van der Waals surface area (Å²) in [6.45, 7) is 0. The van der Waals surface area contributed by atoms with E-state index in [2.05, 4.69) is 10.9 Å². The molecular weight excluding hydrogens is 170 g/mol. The highest BCUT2D eigenvalue weighted by atomic mass is 32.1. The highest BCUT2D eigenvalue weighted by molar-refractivity contribution is 7.11. The van der Waals surface area contributed by atoms with Crippen molar-refractivity contribution < 1.29 is 4.79 Å². The minimum absolute atomic E-state index is 0.146. The van der Waals surface area contributed by atoms with Gasteiger partial charge in [0.2, 0.25) is 0 Å². The van der Waals surface area contributed by atoms with Gasteiger partial charge in [-0.1, -0.05) is 0 Å². The molecule has 2 nitrogen and oxygen atoms in total. The highest BCUT2D eigenvalue weighted by Crippen LogP contribution is 2.10. The van der Waals surface area contributed by atoms with Crippen molar-refractivity contribution in [2.45, 2.75) is 19.3 Å². The van der Waals surface area contributed by atoms with Gasteiger partial charge >= 0.3 is 0 Å². The Bertz CT molecular complexity index is 284. The van der Waals surface area contributed by atoms with Gasteiger partial charge in [0.15, 0.2) is 5.78 Å². The molecule has 1 aromatic rings. The third kappa shape index (κ3) is 2.48. The molecule has 0 unspecified atom stereocenters. The Morgan fingerprint density at radius 2 is 2.58 bits per heavy atom. The van der Waals surface area contributed by atoms with Crippen LogP contribution < -0.4 is 0 Å². The number of unbranched alkanes of at least 4 members (excludes halogenated alkanes) is 1. The lowest BCUT2D eigenvalue weighted by Crippen LogP contribution is -1.94. The van der Waals surface area contributed by atoms with Gasteiger partial charge in [-0.25, -0.2) is 0 Å². The Labute approximate surface area is 75.6 Å². The van der Waals surface area contributed by atoms with Crippen LogP contribution >= 0.6 is 11.3 Å². The SMILES string of the molecule is C#CCCCC(=O)c1cncs1. The zero-order chi connectivity index (χ0) is 8.81. The minimum atomic E-state index is 0.146. The Morgan fingerprint density at radius 1 is 1.75 bits per heavy atom. The van der Waals surface area contributed by atoms with Crippen LogP contribution in [0.1, 0.15) is 28.9 Å². The van der Waals surface area contributed by atoms with Gasteiger partial charge in [0.05, 0.1) is 10.4 Å². The molecule has 0 saturated heterocycles. The Kier molecular flexibility index (Phi) is 3.49. The van der Waals surface area contributed by atoms with Crippen molar-refractivity contribution in [3.8, 4) is 12.3 Å². The smallest absolute Gasteiger partial charge is 0.174 e. The quantitative estimate of drug-likeness (QED) is 0.402. The molecule has 0 aliphatic heterocycles. The molecule has 0 radical (unpaired) electrons. The number of Topliss-reactive ketones (excluding diaryl/α,β-unsaturated/α-hetero) is 1. The second-order valence-electron chi connectivity index (χ2n) is 2.35. The molecule has 0 amide bonds. The predicted octanol–water partition coefficient (Wildman–Crippen LogP) is 2.13. The van der Waals surface area contributed by atoms with Gasteiger partial charge < -0.3 is 0 Å². The summed E-state index contributed by atoms with van der Waals surface area (Å²) in [7, 11) is 0. The third-order valence-corrected chi connectivity index (χ3v) is 2.25. The van der Waals surface area contributed by atoms with E-state index in [1.165, 1.54) is 11.3 Å². The molecule has 0 aliphatic rings. The first kappa shape index (κ1) is 8.95. The number of carbonyl (C=O) groups excluding carboxylic acids is 1. The largest absolute Gasteiger partial charge is 0.293 e. The van der Waals surface area contributed by atoms with Gasteiger partial charge in [0.1, 0.15) is 0 Å². The summed E-state index contributed by atoms with van der Waals surface area (Å²) in [6, 6.07) is 0. The first-order chi connectivity index (χ1) is 5.84. The molecule has 0 spiro atoms. The van der Waals surface area contributed by atoms with Crippen LogP contribution in [0.2, 0.25) is 0 Å². The molecule has 0 aromatic carbocycles. The number of carbonyl (C=O) groups is 1. The minimum Gasteiger partial charge on any atom is -0.293 e. The molecule has 1 rings (SSSR count). The van der Waals surface area contributed by atoms with E-state index in [1.54, 1.807) is 11.7 Å². The van der Waals surface area contributed by atoms with E-state index < -0.39 is 0 Å². The zero-order valence-electron chi connectivity index (χ0n) is 6.62. The number of terminal acetylenes is 1. The average Bonchev–Trinajstić information content (AvgIpc) is 2.56. The number of hydrogen-bond donors (Lipinski definition) is 0. The normalized spacial score (nSPS) is 9.25. The van der Waals surface area contributed by atoms with E-state index in [4.69, 9.17) is 6.42 Å². The van der Waals surface area contributed by atoms with Crippen LogP contribution in [0.3, 0.4) is 0 Å². The Morgan fingerprint density at radius 3 is 3.17 bits per heavy atom. The fraction of sp³-hybridized carbons (Fsp3) is 0.333. The fourth-order valence-corrected chi connectivity index (χ4v) is 1.42. The molecule has 0 N–H and O–H groups in total. The topological polar surface area (TPSA) is 30.0 Å². The molecular formula is C9H9NOS. The molecule has 0 saturated carbocycles. The van der Waals surface area contributed by atoms with Gasteiger partial charge in [-0.2, -0.15) is 0 Å². The van der Waals surface area contributed by atoms with E-state index in [9.17, 15) is 4.79 Å². The van der Waals surface area contributed by atoms with Gasteiger partial charge in [-0.3, -0.25) is 9.78 Å². The van der Waals surface area contributed by atoms with Crippen molar-refractivity contribution in [2.75, 3.05) is 0 Å². The molecule has 0 aliphatic carbocycles. The van der Waals surface area contributed by atoms with E-state index in [0.29, 0.717) is 12.8 Å². The number of nitrogens with zero attached hydrogens (tertiary/aromatic N) is 1. The maximum Gasteiger partial charge on any atom is 0.174 e. The van der Waals surface area contributed by atoms with Crippen LogP contribution in [0.15, 0.2) is 11.7 Å². The summed E-state index contributed by atoms with van der Waals surface area (Å²) >= 11 is 1.38. The summed E-state index contributed by atoms with van der Waals surface area (Å²) in [4.78, 5) is 15.8. The molecule has 3 heteroatoms. The molecule has 1 aromatic heterocycles. The highest BCUT2D eigenvalue weighted by Gasteiger charge is 2.05. The maximum absolute atomic E-state index is 11.3. The van der Waals surface area contributed by atoms with Crippen molar-refractivity contribution in [1.29, 1.82) is 0 Å². The number of hydrogen-bond acceptors (Lipinski definition) is 3. The number of rotatable bonds is 4. The number of ketones is 1. The van der Waals surface area contributed by atoms with E-state index >= 15 is 0 Å². The van der Waals surface area contributed by atoms with E-state index in [0.717, 1.165) is 11.3 Å². The third-order valence-electron chi connectivity index (χ3n) is 1.43. The van der Waals surface area contributed by atoms with Crippen molar-refractivity contribution in [3.63, 3.8) is 0 Å². The molecule has 0 fully saturated rings. The summed E-state index contributed by atoms with van der Waals surface area (Å²) in [6.07, 6.45) is 8.64. The number of thiazole rings is 1. The summed E-state index contributed by atoms with van der Waals surface area (Å²) in [5.41, 5.74) is 1.66. The van der Waals surface area contributed by atoms with E-state index in [-0.39, 0.29) is 5.78 Å². The standard InChI is InChI=1S/C9H9NOS/c1-2-3-4-5-8(11)9-6-10-7-12-9/h1,6-7H,3-5H2. The van der Waals surface area contributed by atoms with Gasteiger partial charge in [-0.15, -0.1) is 23.7 Å². The van der Waals surface area contributed by atoms with Crippen molar-refractivity contribution in [1.82, 2.24) is 4.98 Å². The van der Waals surface area contributed by atoms with Gasteiger partial charge in [0.25, 0.3) is 0 Å². The van der Waals surface area contributed by atoms with Crippen molar-refractivity contribution in [2.24, 2.45) is 0 Å². The Hall–Kier alpha value is -1.14. The molecule has 62 valence electrons. The van der Waals surface area contributed by atoms with Crippen LogP contribution in [0.4, 0.5) is 0 Å². The summed E-state index contributed by atoms with van der Waals surface area (Å²) < 4.78 is 0. The lowest BCUT2D eigenvalue weighted by atomic mass is 10.2. The lowest BCUT2D eigenvalue weighted by molar-refractivity contribution is 0.0984. The zero-order valence-corrected chi connectivity index (χ0v) is 7.43. The van der Waals surface area contributed by atoms with E-state index in [1.807, 2.05) is 0 Å². The van der Waals surface area contributed by atoms with Crippen LogP contribution in [0.5, 0.6) is 0 Å². The first-order valence-electron chi connectivity index (χ1n) is 3.69. The summed E-state index contributed by atoms with van der Waals surface area (Å²) in [5.74, 6) is 2.65. The van der Waals surface area contributed by atoms with Gasteiger partial charge in [-0.05, 0) is 6.42 Å². The van der Waals surface area contributed by atoms with Crippen LogP contribution in [0.25, 0.3) is 0 Å². The second kappa shape index (κ2) is 4.68. The summed E-state index contributed by atoms with van der Waals surface area (Å²) in [5, 5.41) is 0. The van der Waals surface area contributed by atoms with Crippen LogP contribution in [-0.4, -0.2) is 10.8 Å². The van der Waals surface area contributed by atoms with Crippen LogP contribution in [-0.2, 0) is 0 Å². The number of aromatic nitrogens is 1. The maximum atomic E-state index is 11.3. The monoisotopic (exact) mass is 179 g/mol. The Balaban J connectivity index is 2.36. The molecule has 0 bridgehead atoms. The van der Waals surface area contributed by atoms with Crippen LogP contribution in [0, 0.1) is 12.3 Å². The second-order valence-corrected chi connectivity index (χ2v) is 3.23. The van der Waals surface area contributed by atoms with Crippen molar-refractivity contribution in [3.05, 3.63) is 16.6 Å². The molecule has 12 heavy (non-hydrogen) atoms. The predicted molar refractivity (Wildman–Crippen MR) is 49.1 cm³/mol. The first-order valence-corrected chi connectivity index (χ1v) is 4.57. The lowest BCUT2D eigenvalue weighted by Gasteiger charge is -1.92. The van der Waals surface area contributed by atoms with Gasteiger partial charge in [0, 0.05) is 19.0 Å². The average molecular weight is 179 g/mol. The molecule has 0 atom stereocenters. The molecule has 1 heterocycles. The van der Waals surface area contributed by atoms with Crippen molar-refractivity contribution >= 4 is 17.1 Å². The fourth-order valence-electron chi connectivity index (χ4n) is 0.828.